The van der Waals surface area contributed by atoms with Gasteiger partial charge in [-0.3, -0.25) is 9.59 Å². The van der Waals surface area contributed by atoms with E-state index in [-0.39, 0.29) is 5.91 Å². The maximum absolute atomic E-state index is 12.6. The van der Waals surface area contributed by atoms with Gasteiger partial charge >= 0.3 is 5.97 Å². The summed E-state index contributed by atoms with van der Waals surface area (Å²) in [6.45, 7) is 5.86. The molecule has 1 saturated carbocycles. The molecule has 2 fully saturated rings. The Kier molecular flexibility index (Phi) is 3.91. The Bertz CT molecular complexity index is 717. The molecule has 0 unspecified atom stereocenters. The molecule has 1 saturated heterocycles. The zero-order valence-corrected chi connectivity index (χ0v) is 13.8. The minimum atomic E-state index is -0.899. The standard InChI is InChI=1S/C17H20N4O3/c1-17(2)12(13(17)16(23)24)15(22)21-8-6-20(7-9-21)14-11(10-18)4-3-5-19-14/h3-5,12-13H,6-9H2,1-2H3,(H,23,24)/t12-,13-/m0/s1. The van der Waals surface area contributed by atoms with E-state index >= 15 is 0 Å². The molecule has 1 aromatic rings. The van der Waals surface area contributed by atoms with Gasteiger partial charge < -0.3 is 14.9 Å². The number of aromatic nitrogens is 1. The molecule has 1 N–H and O–H groups in total. The van der Waals surface area contributed by atoms with E-state index < -0.39 is 23.2 Å². The first kappa shape index (κ1) is 16.2. The molecule has 126 valence electrons. The first-order valence-electron chi connectivity index (χ1n) is 7.99. The number of carbonyl (C=O) groups is 2. The molecule has 24 heavy (non-hydrogen) atoms. The van der Waals surface area contributed by atoms with Crippen LogP contribution in [0.15, 0.2) is 18.3 Å². The lowest BCUT2D eigenvalue weighted by molar-refractivity contribution is -0.142. The van der Waals surface area contributed by atoms with Crippen molar-refractivity contribution in [1.29, 1.82) is 5.26 Å². The molecule has 1 aliphatic carbocycles. The lowest BCUT2D eigenvalue weighted by atomic mass is 10.1. The van der Waals surface area contributed by atoms with Crippen molar-refractivity contribution >= 4 is 17.7 Å². The summed E-state index contributed by atoms with van der Waals surface area (Å²) in [7, 11) is 0. The van der Waals surface area contributed by atoms with Crippen LogP contribution in [0.25, 0.3) is 0 Å². The highest BCUT2D eigenvalue weighted by molar-refractivity contribution is 5.91. The minimum Gasteiger partial charge on any atom is -0.481 e. The average Bonchev–Trinajstić information content (AvgIpc) is 3.17. The van der Waals surface area contributed by atoms with Crippen molar-refractivity contribution in [3.63, 3.8) is 0 Å². The maximum atomic E-state index is 12.6. The fraction of sp³-hybridized carbons (Fsp3) is 0.529. The normalized spacial score (nSPS) is 25.0. The van der Waals surface area contributed by atoms with Gasteiger partial charge in [0.1, 0.15) is 11.9 Å². The van der Waals surface area contributed by atoms with Gasteiger partial charge in [0, 0.05) is 32.4 Å². The lowest BCUT2D eigenvalue weighted by Gasteiger charge is -2.36. The van der Waals surface area contributed by atoms with Gasteiger partial charge in [-0.15, -0.1) is 0 Å². The smallest absolute Gasteiger partial charge is 0.307 e. The van der Waals surface area contributed by atoms with E-state index in [1.165, 1.54) is 0 Å². The monoisotopic (exact) mass is 328 g/mol. The number of nitriles is 1. The van der Waals surface area contributed by atoms with Crippen LogP contribution in [0.4, 0.5) is 5.82 Å². The highest BCUT2D eigenvalue weighted by Gasteiger charge is 2.66. The van der Waals surface area contributed by atoms with Gasteiger partial charge in [0.25, 0.3) is 0 Å². The van der Waals surface area contributed by atoms with Crippen LogP contribution in [-0.4, -0.2) is 53.0 Å². The van der Waals surface area contributed by atoms with Crippen LogP contribution in [0.2, 0.25) is 0 Å². The summed E-state index contributed by atoms with van der Waals surface area (Å²) < 4.78 is 0. The van der Waals surface area contributed by atoms with Crippen molar-refractivity contribution in [1.82, 2.24) is 9.88 Å². The van der Waals surface area contributed by atoms with Gasteiger partial charge in [0.05, 0.1) is 17.4 Å². The number of nitrogens with zero attached hydrogens (tertiary/aromatic N) is 4. The van der Waals surface area contributed by atoms with Crippen LogP contribution in [-0.2, 0) is 9.59 Å². The number of rotatable bonds is 3. The van der Waals surface area contributed by atoms with Gasteiger partial charge in [-0.1, -0.05) is 13.8 Å². The van der Waals surface area contributed by atoms with Crippen molar-refractivity contribution in [2.24, 2.45) is 17.3 Å². The van der Waals surface area contributed by atoms with Crippen molar-refractivity contribution < 1.29 is 14.7 Å². The summed E-state index contributed by atoms with van der Waals surface area (Å²) in [6, 6.07) is 5.59. The second kappa shape index (κ2) is 5.78. The predicted octanol–water partition coefficient (Wildman–Crippen LogP) is 0.959. The minimum absolute atomic E-state index is 0.0754. The molecule has 1 aliphatic heterocycles. The molecule has 2 heterocycles. The van der Waals surface area contributed by atoms with Crippen LogP contribution >= 0.6 is 0 Å². The lowest BCUT2D eigenvalue weighted by Crippen LogP contribution is -2.50. The van der Waals surface area contributed by atoms with E-state index in [4.69, 9.17) is 0 Å². The number of anilines is 1. The maximum Gasteiger partial charge on any atom is 0.307 e. The topological polar surface area (TPSA) is 97.5 Å². The van der Waals surface area contributed by atoms with Gasteiger partial charge in [0.2, 0.25) is 5.91 Å². The third kappa shape index (κ3) is 2.58. The number of carboxylic acid groups (broad SMARTS) is 1. The van der Waals surface area contributed by atoms with E-state index in [2.05, 4.69) is 11.1 Å². The molecule has 7 heteroatoms. The molecule has 7 nitrogen and oxygen atoms in total. The summed E-state index contributed by atoms with van der Waals surface area (Å²) in [5.41, 5.74) is 0.0428. The molecular formula is C17H20N4O3. The molecule has 3 rings (SSSR count). The Morgan fingerprint density at radius 1 is 1.29 bits per heavy atom. The quantitative estimate of drug-likeness (QED) is 0.887. The van der Waals surface area contributed by atoms with Crippen LogP contribution in [0, 0.1) is 28.6 Å². The van der Waals surface area contributed by atoms with Crippen molar-refractivity contribution in [3.05, 3.63) is 23.9 Å². The van der Waals surface area contributed by atoms with Crippen LogP contribution < -0.4 is 4.90 Å². The highest BCUT2D eigenvalue weighted by atomic mass is 16.4. The van der Waals surface area contributed by atoms with E-state index in [0.29, 0.717) is 37.6 Å². The van der Waals surface area contributed by atoms with E-state index in [0.717, 1.165) is 0 Å². The number of amides is 1. The Morgan fingerprint density at radius 3 is 2.50 bits per heavy atom. The number of hydrogen-bond donors (Lipinski definition) is 1. The molecule has 0 bridgehead atoms. The highest BCUT2D eigenvalue weighted by Crippen LogP contribution is 2.59. The summed E-state index contributed by atoms with van der Waals surface area (Å²) in [5.74, 6) is -1.37. The fourth-order valence-electron chi connectivity index (χ4n) is 3.63. The Labute approximate surface area is 140 Å². The van der Waals surface area contributed by atoms with Gasteiger partial charge in [-0.05, 0) is 17.5 Å². The number of carbonyl (C=O) groups excluding carboxylic acids is 1. The van der Waals surface area contributed by atoms with Gasteiger partial charge in [-0.25, -0.2) is 4.98 Å². The predicted molar refractivity (Wildman–Crippen MR) is 86.1 cm³/mol. The van der Waals surface area contributed by atoms with Crippen LogP contribution in [0.3, 0.4) is 0 Å². The molecule has 0 aromatic carbocycles. The summed E-state index contributed by atoms with van der Waals surface area (Å²) in [6.07, 6.45) is 1.65. The number of aliphatic carboxylic acids is 1. The van der Waals surface area contributed by atoms with E-state index in [9.17, 15) is 20.0 Å². The number of pyridine rings is 1. The van der Waals surface area contributed by atoms with Gasteiger partial charge in [-0.2, -0.15) is 5.26 Å². The van der Waals surface area contributed by atoms with Crippen LogP contribution in [0.5, 0.6) is 0 Å². The first-order valence-corrected chi connectivity index (χ1v) is 7.99. The SMILES string of the molecule is CC1(C)[C@H](C(=O)O)[C@H]1C(=O)N1CCN(c2ncccc2C#N)CC1. The van der Waals surface area contributed by atoms with Crippen molar-refractivity contribution in [2.75, 3.05) is 31.1 Å². The number of hydrogen-bond acceptors (Lipinski definition) is 5. The average molecular weight is 328 g/mol. The van der Waals surface area contributed by atoms with Crippen molar-refractivity contribution in [2.45, 2.75) is 13.8 Å². The molecule has 1 aromatic heterocycles. The molecular weight excluding hydrogens is 308 g/mol. The Hall–Kier alpha value is -2.62. The Balaban J connectivity index is 1.65. The fourth-order valence-corrected chi connectivity index (χ4v) is 3.63. The first-order chi connectivity index (χ1) is 11.4. The Morgan fingerprint density at radius 2 is 1.96 bits per heavy atom. The zero-order valence-electron chi connectivity index (χ0n) is 13.8. The molecule has 0 radical (unpaired) electrons. The summed E-state index contributed by atoms with van der Waals surface area (Å²) in [5, 5.41) is 18.4. The summed E-state index contributed by atoms with van der Waals surface area (Å²) >= 11 is 0. The third-order valence-corrected chi connectivity index (χ3v) is 5.16. The van der Waals surface area contributed by atoms with Gasteiger partial charge in [0.15, 0.2) is 0 Å². The molecule has 2 atom stereocenters. The molecule has 2 aliphatic rings. The number of piperazine rings is 1. The van der Waals surface area contributed by atoms with Crippen LogP contribution in [0.1, 0.15) is 19.4 Å². The van der Waals surface area contributed by atoms with Crippen molar-refractivity contribution in [3.8, 4) is 6.07 Å². The third-order valence-electron chi connectivity index (χ3n) is 5.16. The zero-order chi connectivity index (χ0) is 17.5. The molecule has 0 spiro atoms. The second-order valence-electron chi connectivity index (χ2n) is 6.91. The molecule has 1 amide bonds. The number of carboxylic acids is 1. The largest absolute Gasteiger partial charge is 0.481 e. The van der Waals surface area contributed by atoms with E-state index in [1.54, 1.807) is 23.2 Å². The van der Waals surface area contributed by atoms with E-state index in [1.807, 2.05) is 18.7 Å². The second-order valence-corrected chi connectivity index (χ2v) is 6.91. The summed E-state index contributed by atoms with van der Waals surface area (Å²) in [4.78, 5) is 31.9.